The Labute approximate surface area is 139 Å². The highest BCUT2D eigenvalue weighted by Crippen LogP contribution is 2.29. The largest absolute Gasteiger partial charge is 0.358 e. The van der Waals surface area contributed by atoms with Gasteiger partial charge in [0.15, 0.2) is 0 Å². The van der Waals surface area contributed by atoms with Gasteiger partial charge >= 0.3 is 0 Å². The quantitative estimate of drug-likeness (QED) is 0.771. The third-order valence-corrected chi connectivity index (χ3v) is 5.55. The molecule has 1 unspecified atom stereocenters. The summed E-state index contributed by atoms with van der Waals surface area (Å²) in [6.07, 6.45) is 2.77. The molecule has 3 nitrogen and oxygen atoms in total. The van der Waals surface area contributed by atoms with Crippen LogP contribution in [0.5, 0.6) is 0 Å². The number of rotatable bonds is 3. The lowest BCUT2D eigenvalue weighted by molar-refractivity contribution is -0.131. The van der Waals surface area contributed by atoms with Crippen molar-refractivity contribution in [1.29, 1.82) is 0 Å². The number of aromatic nitrogens is 1. The summed E-state index contributed by atoms with van der Waals surface area (Å²) in [5.74, 6) is 0.677. The second-order valence-electron chi connectivity index (χ2n) is 6.25. The van der Waals surface area contributed by atoms with E-state index in [1.807, 2.05) is 22.4 Å². The first-order chi connectivity index (χ1) is 11.3. The number of H-pyrrole nitrogens is 1. The van der Waals surface area contributed by atoms with Crippen molar-refractivity contribution in [3.63, 3.8) is 0 Å². The third-order valence-electron chi connectivity index (χ3n) is 4.67. The average molecular weight is 324 g/mol. The van der Waals surface area contributed by atoms with Crippen molar-refractivity contribution in [1.82, 2.24) is 9.88 Å². The van der Waals surface area contributed by atoms with Crippen molar-refractivity contribution in [2.24, 2.45) is 0 Å². The monoisotopic (exact) mass is 324 g/mol. The minimum atomic E-state index is 0.258. The fourth-order valence-corrected chi connectivity index (χ4v) is 4.14. The van der Waals surface area contributed by atoms with E-state index in [-0.39, 0.29) is 5.91 Å². The Morgan fingerprint density at radius 3 is 3.00 bits per heavy atom. The molecule has 3 heterocycles. The van der Waals surface area contributed by atoms with Crippen molar-refractivity contribution < 1.29 is 4.79 Å². The summed E-state index contributed by atoms with van der Waals surface area (Å²) in [6.45, 7) is 1.72. The molecule has 1 N–H and O–H groups in total. The van der Waals surface area contributed by atoms with E-state index < -0.39 is 0 Å². The van der Waals surface area contributed by atoms with Crippen LogP contribution in [0.15, 0.2) is 47.8 Å². The number of nitrogens with one attached hydrogen (secondary N) is 1. The maximum atomic E-state index is 12.5. The molecule has 1 aliphatic heterocycles. The summed E-state index contributed by atoms with van der Waals surface area (Å²) < 4.78 is 0. The van der Waals surface area contributed by atoms with E-state index in [9.17, 15) is 4.79 Å². The van der Waals surface area contributed by atoms with E-state index in [2.05, 4.69) is 35.3 Å². The van der Waals surface area contributed by atoms with Gasteiger partial charge in [0.25, 0.3) is 0 Å². The van der Waals surface area contributed by atoms with Gasteiger partial charge in [0.2, 0.25) is 5.91 Å². The number of fused-ring (bicyclic) bond motifs is 1. The zero-order valence-electron chi connectivity index (χ0n) is 13.0. The fraction of sp³-hybridized carbons (Fsp3) is 0.316. The second-order valence-corrected chi connectivity index (χ2v) is 7.28. The first kappa shape index (κ1) is 14.5. The van der Waals surface area contributed by atoms with Crippen LogP contribution in [0.1, 0.15) is 29.3 Å². The minimum absolute atomic E-state index is 0.258. The molecule has 118 valence electrons. The van der Waals surface area contributed by atoms with E-state index in [1.165, 1.54) is 16.6 Å². The summed E-state index contributed by atoms with van der Waals surface area (Å²) in [5.41, 5.74) is 2.45. The maximum absolute atomic E-state index is 12.5. The van der Waals surface area contributed by atoms with Gasteiger partial charge in [-0.05, 0) is 41.8 Å². The molecule has 4 rings (SSSR count). The molecular formula is C19H20N2OS. The average Bonchev–Trinajstić information content (AvgIpc) is 3.24. The summed E-state index contributed by atoms with van der Waals surface area (Å²) in [6, 6.07) is 14.7. The van der Waals surface area contributed by atoms with Gasteiger partial charge in [-0.2, -0.15) is 0 Å². The Balaban J connectivity index is 1.49. The number of nitrogens with zero attached hydrogens (tertiary/aromatic N) is 1. The van der Waals surface area contributed by atoms with E-state index in [4.69, 9.17) is 0 Å². The minimum Gasteiger partial charge on any atom is -0.358 e. The number of hydrogen-bond acceptors (Lipinski definition) is 2. The maximum Gasteiger partial charge on any atom is 0.227 e. The Hall–Kier alpha value is -2.07. The highest BCUT2D eigenvalue weighted by molar-refractivity contribution is 7.10. The number of para-hydroxylation sites is 1. The lowest BCUT2D eigenvalue weighted by atomic mass is 9.94. The number of hydrogen-bond donors (Lipinski definition) is 1. The summed E-state index contributed by atoms with van der Waals surface area (Å²) in [7, 11) is 0. The van der Waals surface area contributed by atoms with Crippen LogP contribution in [-0.2, 0) is 11.2 Å². The topological polar surface area (TPSA) is 36.1 Å². The van der Waals surface area contributed by atoms with Crippen LogP contribution >= 0.6 is 11.3 Å². The lowest BCUT2D eigenvalue weighted by Gasteiger charge is -2.32. The molecule has 1 aromatic carbocycles. The number of thiophene rings is 1. The Bertz CT molecular complexity index is 773. The molecule has 1 saturated heterocycles. The highest BCUT2D eigenvalue weighted by Gasteiger charge is 2.25. The molecule has 1 amide bonds. The number of aromatic amines is 1. The van der Waals surface area contributed by atoms with E-state index >= 15 is 0 Å². The van der Waals surface area contributed by atoms with Crippen molar-refractivity contribution in [2.75, 3.05) is 13.1 Å². The molecule has 0 aliphatic carbocycles. The zero-order valence-corrected chi connectivity index (χ0v) is 13.8. The number of carbonyl (C=O) groups excluding carboxylic acids is 1. The molecule has 0 saturated carbocycles. The number of benzene rings is 1. The first-order valence-corrected chi connectivity index (χ1v) is 9.05. The third kappa shape index (κ3) is 3.04. The summed E-state index contributed by atoms with van der Waals surface area (Å²) in [5, 5.41) is 3.29. The van der Waals surface area contributed by atoms with Gasteiger partial charge in [-0.15, -0.1) is 11.3 Å². The van der Waals surface area contributed by atoms with Crippen LogP contribution in [0.25, 0.3) is 10.9 Å². The van der Waals surface area contributed by atoms with Gasteiger partial charge < -0.3 is 9.88 Å². The molecule has 2 aromatic heterocycles. The molecule has 1 aliphatic rings. The lowest BCUT2D eigenvalue weighted by Crippen LogP contribution is -2.39. The van der Waals surface area contributed by atoms with E-state index in [0.717, 1.165) is 30.8 Å². The van der Waals surface area contributed by atoms with Gasteiger partial charge in [-0.3, -0.25) is 4.79 Å². The molecule has 1 atom stereocenters. The fourth-order valence-electron chi connectivity index (χ4n) is 3.45. The number of amides is 1. The van der Waals surface area contributed by atoms with Crippen LogP contribution < -0.4 is 0 Å². The summed E-state index contributed by atoms with van der Waals surface area (Å²) in [4.78, 5) is 19.3. The molecule has 0 bridgehead atoms. The number of piperidine rings is 1. The first-order valence-electron chi connectivity index (χ1n) is 8.17. The van der Waals surface area contributed by atoms with Crippen LogP contribution in [0.2, 0.25) is 0 Å². The van der Waals surface area contributed by atoms with Gasteiger partial charge in [0, 0.05) is 35.1 Å². The standard InChI is InChI=1S/C19H20N2OS/c22-19(12-16-7-4-10-23-16)21-9-3-6-15(13-21)18-11-14-5-1-2-8-17(14)20-18/h1-2,4-5,7-8,10-11,15,20H,3,6,9,12-13H2. The molecule has 0 radical (unpaired) electrons. The Morgan fingerprint density at radius 2 is 2.17 bits per heavy atom. The van der Waals surface area contributed by atoms with Gasteiger partial charge in [-0.1, -0.05) is 24.3 Å². The van der Waals surface area contributed by atoms with Crippen molar-refractivity contribution in [3.05, 3.63) is 58.4 Å². The summed E-state index contributed by atoms with van der Waals surface area (Å²) >= 11 is 1.66. The van der Waals surface area contributed by atoms with Crippen LogP contribution in [0.4, 0.5) is 0 Å². The van der Waals surface area contributed by atoms with Gasteiger partial charge in [-0.25, -0.2) is 0 Å². The molecule has 0 spiro atoms. The number of likely N-dealkylation sites (tertiary alicyclic amines) is 1. The predicted octanol–water partition coefficient (Wildman–Crippen LogP) is 4.18. The van der Waals surface area contributed by atoms with E-state index in [1.54, 1.807) is 11.3 Å². The number of carbonyl (C=O) groups is 1. The Morgan fingerprint density at radius 1 is 1.26 bits per heavy atom. The highest BCUT2D eigenvalue weighted by atomic mass is 32.1. The van der Waals surface area contributed by atoms with E-state index in [0.29, 0.717) is 12.3 Å². The van der Waals surface area contributed by atoms with Crippen LogP contribution in [0.3, 0.4) is 0 Å². The molecule has 4 heteroatoms. The zero-order chi connectivity index (χ0) is 15.6. The molecule has 3 aromatic rings. The smallest absolute Gasteiger partial charge is 0.227 e. The van der Waals surface area contributed by atoms with Crippen molar-refractivity contribution in [3.8, 4) is 0 Å². The van der Waals surface area contributed by atoms with Gasteiger partial charge in [0.05, 0.1) is 6.42 Å². The van der Waals surface area contributed by atoms with Crippen LogP contribution in [-0.4, -0.2) is 28.9 Å². The SMILES string of the molecule is O=C(Cc1cccs1)N1CCCC(c2cc3ccccc3[nH]2)C1. The molecule has 23 heavy (non-hydrogen) atoms. The Kier molecular flexibility index (Phi) is 3.92. The molecule has 1 fully saturated rings. The van der Waals surface area contributed by atoms with Crippen molar-refractivity contribution >= 4 is 28.1 Å². The van der Waals surface area contributed by atoms with Crippen molar-refractivity contribution in [2.45, 2.75) is 25.2 Å². The van der Waals surface area contributed by atoms with Crippen LogP contribution in [0, 0.1) is 0 Å². The predicted molar refractivity (Wildman–Crippen MR) is 94.9 cm³/mol. The second kappa shape index (κ2) is 6.20. The molecular weight excluding hydrogens is 304 g/mol. The normalized spacial score (nSPS) is 18.4. The van der Waals surface area contributed by atoms with Gasteiger partial charge in [0.1, 0.15) is 0 Å².